The number of ether oxygens (including phenoxy) is 1. The van der Waals surface area contributed by atoms with E-state index in [9.17, 15) is 4.79 Å². The summed E-state index contributed by atoms with van der Waals surface area (Å²) in [5.74, 6) is 0.690. The molecule has 1 unspecified atom stereocenters. The lowest BCUT2D eigenvalue weighted by Crippen LogP contribution is -2.47. The summed E-state index contributed by atoms with van der Waals surface area (Å²) in [5, 5.41) is 3.24. The highest BCUT2D eigenvalue weighted by atomic mass is 16.5. The zero-order chi connectivity index (χ0) is 16.8. The first kappa shape index (κ1) is 17.2. The number of benzene rings is 1. The first-order chi connectivity index (χ1) is 11.7. The molecule has 3 rings (SSSR count). The molecule has 5 heteroatoms. The van der Waals surface area contributed by atoms with Crippen molar-refractivity contribution in [3.05, 3.63) is 35.9 Å². The molecule has 1 aliphatic heterocycles. The van der Waals surface area contributed by atoms with E-state index >= 15 is 0 Å². The van der Waals surface area contributed by atoms with Crippen molar-refractivity contribution in [2.24, 2.45) is 5.92 Å². The van der Waals surface area contributed by atoms with E-state index in [1.54, 1.807) is 0 Å². The molecule has 132 valence electrons. The van der Waals surface area contributed by atoms with Gasteiger partial charge in [-0.15, -0.1) is 0 Å². The molecule has 2 fully saturated rings. The Labute approximate surface area is 145 Å². The van der Waals surface area contributed by atoms with Crippen LogP contribution in [0.15, 0.2) is 30.3 Å². The van der Waals surface area contributed by atoms with Gasteiger partial charge >= 0.3 is 6.03 Å². The lowest BCUT2D eigenvalue weighted by atomic mass is 9.85. The van der Waals surface area contributed by atoms with Gasteiger partial charge in [0.05, 0.1) is 19.3 Å². The second kappa shape index (κ2) is 8.49. The van der Waals surface area contributed by atoms with E-state index < -0.39 is 0 Å². The summed E-state index contributed by atoms with van der Waals surface area (Å²) < 4.78 is 5.43. The molecule has 1 saturated carbocycles. The fourth-order valence-corrected chi connectivity index (χ4v) is 3.37. The highest BCUT2D eigenvalue weighted by molar-refractivity contribution is 5.74. The maximum absolute atomic E-state index is 12.6. The van der Waals surface area contributed by atoms with Crippen LogP contribution in [-0.4, -0.2) is 62.3 Å². The highest BCUT2D eigenvalue weighted by Crippen LogP contribution is 2.26. The molecule has 1 aromatic carbocycles. The molecule has 1 aliphatic carbocycles. The van der Waals surface area contributed by atoms with Gasteiger partial charge in [-0.25, -0.2) is 4.79 Å². The van der Waals surface area contributed by atoms with Crippen molar-refractivity contribution in [2.75, 3.05) is 46.4 Å². The van der Waals surface area contributed by atoms with Gasteiger partial charge in [0.1, 0.15) is 0 Å². The van der Waals surface area contributed by atoms with Gasteiger partial charge in [-0.05, 0) is 24.3 Å². The van der Waals surface area contributed by atoms with Crippen LogP contribution in [0.4, 0.5) is 4.79 Å². The molecule has 1 heterocycles. The molecule has 1 atom stereocenters. The van der Waals surface area contributed by atoms with E-state index in [1.165, 1.54) is 19.3 Å². The number of morpholine rings is 1. The fourth-order valence-electron chi connectivity index (χ4n) is 3.37. The number of nitrogens with zero attached hydrogens (tertiary/aromatic N) is 2. The maximum atomic E-state index is 12.6. The quantitative estimate of drug-likeness (QED) is 0.871. The Hall–Kier alpha value is -1.59. The van der Waals surface area contributed by atoms with Crippen molar-refractivity contribution in [1.82, 2.24) is 15.1 Å². The van der Waals surface area contributed by atoms with Gasteiger partial charge in [0.2, 0.25) is 0 Å². The van der Waals surface area contributed by atoms with Crippen molar-refractivity contribution in [2.45, 2.75) is 25.3 Å². The Kier molecular flexibility index (Phi) is 6.10. The van der Waals surface area contributed by atoms with Crippen LogP contribution in [0.3, 0.4) is 0 Å². The third-order valence-corrected chi connectivity index (χ3v) is 5.15. The second-order valence-electron chi connectivity index (χ2n) is 7.00. The average Bonchev–Trinajstić information content (AvgIpc) is 2.59. The summed E-state index contributed by atoms with van der Waals surface area (Å²) >= 11 is 0. The van der Waals surface area contributed by atoms with Gasteiger partial charge < -0.3 is 15.0 Å². The SMILES string of the molecule is CN(CC1CCC1)C(=O)NC(CN1CCOCC1)c1ccccc1. The number of carbonyl (C=O) groups is 1. The molecule has 1 N–H and O–H groups in total. The van der Waals surface area contributed by atoms with Crippen LogP contribution in [0.2, 0.25) is 0 Å². The first-order valence-corrected chi connectivity index (χ1v) is 9.09. The van der Waals surface area contributed by atoms with Crippen LogP contribution in [0, 0.1) is 5.92 Å². The predicted molar refractivity (Wildman–Crippen MR) is 94.9 cm³/mol. The van der Waals surface area contributed by atoms with Crippen LogP contribution >= 0.6 is 0 Å². The van der Waals surface area contributed by atoms with Gasteiger partial charge in [0, 0.05) is 33.2 Å². The van der Waals surface area contributed by atoms with E-state index in [4.69, 9.17) is 4.74 Å². The average molecular weight is 331 g/mol. The number of amides is 2. The molecule has 0 radical (unpaired) electrons. The van der Waals surface area contributed by atoms with Crippen molar-refractivity contribution in [1.29, 1.82) is 0 Å². The molecule has 2 aliphatic rings. The van der Waals surface area contributed by atoms with Crippen molar-refractivity contribution in [3.8, 4) is 0 Å². The van der Waals surface area contributed by atoms with Gasteiger partial charge in [-0.3, -0.25) is 4.90 Å². The standard InChI is InChI=1S/C19H29N3O2/c1-21(14-16-6-5-7-16)19(23)20-18(17-8-3-2-4-9-17)15-22-10-12-24-13-11-22/h2-4,8-9,16,18H,5-7,10-15H2,1H3,(H,20,23). The van der Waals surface area contributed by atoms with Gasteiger partial charge in [-0.1, -0.05) is 36.8 Å². The molecule has 0 bridgehead atoms. The van der Waals surface area contributed by atoms with E-state index in [-0.39, 0.29) is 12.1 Å². The Bertz CT molecular complexity index is 513. The number of carbonyl (C=O) groups excluding carboxylic acids is 1. The Morgan fingerprint density at radius 1 is 1.29 bits per heavy atom. The van der Waals surface area contributed by atoms with Crippen LogP contribution in [0.1, 0.15) is 30.9 Å². The minimum Gasteiger partial charge on any atom is -0.379 e. The number of hydrogen-bond acceptors (Lipinski definition) is 3. The van der Waals surface area contributed by atoms with Crippen LogP contribution in [0.25, 0.3) is 0 Å². The summed E-state index contributed by atoms with van der Waals surface area (Å²) in [5.41, 5.74) is 1.16. The van der Waals surface area contributed by atoms with E-state index in [0.717, 1.165) is 45.0 Å². The van der Waals surface area contributed by atoms with Crippen molar-refractivity contribution >= 4 is 6.03 Å². The Morgan fingerprint density at radius 3 is 2.62 bits per heavy atom. The summed E-state index contributed by atoms with van der Waals surface area (Å²) in [7, 11) is 1.91. The molecule has 1 aromatic rings. The number of hydrogen-bond donors (Lipinski definition) is 1. The minimum absolute atomic E-state index is 0.0145. The zero-order valence-electron chi connectivity index (χ0n) is 14.6. The summed E-state index contributed by atoms with van der Waals surface area (Å²) in [6, 6.07) is 10.3. The van der Waals surface area contributed by atoms with E-state index in [0.29, 0.717) is 5.92 Å². The topological polar surface area (TPSA) is 44.8 Å². The molecule has 5 nitrogen and oxygen atoms in total. The third kappa shape index (κ3) is 4.71. The van der Waals surface area contributed by atoms with Crippen molar-refractivity contribution in [3.63, 3.8) is 0 Å². The smallest absolute Gasteiger partial charge is 0.317 e. The summed E-state index contributed by atoms with van der Waals surface area (Å²) in [4.78, 5) is 16.8. The monoisotopic (exact) mass is 331 g/mol. The zero-order valence-corrected chi connectivity index (χ0v) is 14.6. The normalized spacial score (nSPS) is 20.2. The lowest BCUT2D eigenvalue weighted by Gasteiger charge is -2.33. The van der Waals surface area contributed by atoms with Crippen LogP contribution in [-0.2, 0) is 4.74 Å². The largest absolute Gasteiger partial charge is 0.379 e. The van der Waals surface area contributed by atoms with Gasteiger partial charge in [-0.2, -0.15) is 0 Å². The Morgan fingerprint density at radius 2 is 2.00 bits per heavy atom. The summed E-state index contributed by atoms with van der Waals surface area (Å²) in [6.45, 7) is 5.10. The van der Waals surface area contributed by atoms with E-state index in [1.807, 2.05) is 30.1 Å². The molecule has 1 saturated heterocycles. The number of rotatable bonds is 6. The number of urea groups is 1. The second-order valence-corrected chi connectivity index (χ2v) is 7.00. The molecular weight excluding hydrogens is 302 g/mol. The predicted octanol–water partition coefficient (Wildman–Crippen LogP) is 2.50. The molecule has 0 aromatic heterocycles. The number of nitrogens with one attached hydrogen (secondary N) is 1. The highest BCUT2D eigenvalue weighted by Gasteiger charge is 2.24. The minimum atomic E-state index is 0.0145. The van der Waals surface area contributed by atoms with E-state index in [2.05, 4.69) is 22.3 Å². The third-order valence-electron chi connectivity index (χ3n) is 5.15. The molecular formula is C19H29N3O2. The van der Waals surface area contributed by atoms with Crippen molar-refractivity contribution < 1.29 is 9.53 Å². The summed E-state index contributed by atoms with van der Waals surface area (Å²) in [6.07, 6.45) is 3.82. The van der Waals surface area contributed by atoms with Crippen LogP contribution < -0.4 is 5.32 Å². The molecule has 2 amide bonds. The van der Waals surface area contributed by atoms with Gasteiger partial charge in [0.25, 0.3) is 0 Å². The Balaban J connectivity index is 1.61. The molecule has 0 spiro atoms. The van der Waals surface area contributed by atoms with Gasteiger partial charge in [0.15, 0.2) is 0 Å². The molecule has 24 heavy (non-hydrogen) atoms. The first-order valence-electron chi connectivity index (χ1n) is 9.09. The van der Waals surface area contributed by atoms with Crippen LogP contribution in [0.5, 0.6) is 0 Å². The lowest BCUT2D eigenvalue weighted by molar-refractivity contribution is 0.0337. The fraction of sp³-hybridized carbons (Fsp3) is 0.632. The maximum Gasteiger partial charge on any atom is 0.317 e.